The first-order chi connectivity index (χ1) is 13.0. The van der Waals surface area contributed by atoms with Crippen LogP contribution in [0, 0.1) is 0 Å². The first kappa shape index (κ1) is 21.1. The standard InChI is InChI=1S/C23H33N3O/c1-5-21(13-12-20(4)18-26-23(27)11-8-15-24-26)17-19(3)14-16-25(6-2)22-9-7-10-22/h5,8,11-13,15,17,22H,1,6-7,9-10,14,16,18H2,2-4H3. The van der Waals surface area contributed by atoms with E-state index < -0.39 is 0 Å². The van der Waals surface area contributed by atoms with Crippen molar-refractivity contribution in [1.82, 2.24) is 14.7 Å². The lowest BCUT2D eigenvalue weighted by Crippen LogP contribution is -2.40. The maximum absolute atomic E-state index is 11.7. The maximum Gasteiger partial charge on any atom is 0.267 e. The molecule has 1 aliphatic rings. The SMILES string of the molecule is C=CC(=CC=C(C)Cn1ncccc1=O)C=C(C)CCN(CC)C1CCC1. The molecule has 4 nitrogen and oxygen atoms in total. The van der Waals surface area contributed by atoms with Crippen LogP contribution >= 0.6 is 0 Å². The fourth-order valence-corrected chi connectivity index (χ4v) is 3.24. The van der Waals surface area contributed by atoms with Crippen molar-refractivity contribution in [3.63, 3.8) is 0 Å². The molecule has 1 aliphatic carbocycles. The lowest BCUT2D eigenvalue weighted by Gasteiger charge is -2.37. The van der Waals surface area contributed by atoms with E-state index in [0.29, 0.717) is 6.54 Å². The van der Waals surface area contributed by atoms with Crippen LogP contribution in [0.25, 0.3) is 0 Å². The second-order valence-electron chi connectivity index (χ2n) is 7.36. The Morgan fingerprint density at radius 2 is 2.11 bits per heavy atom. The van der Waals surface area contributed by atoms with Crippen molar-refractivity contribution < 1.29 is 0 Å². The first-order valence-corrected chi connectivity index (χ1v) is 9.96. The second kappa shape index (κ2) is 10.8. The van der Waals surface area contributed by atoms with Crippen LogP contribution in [0.2, 0.25) is 0 Å². The summed E-state index contributed by atoms with van der Waals surface area (Å²) in [4.78, 5) is 14.4. The van der Waals surface area contributed by atoms with Crippen LogP contribution in [-0.4, -0.2) is 33.8 Å². The van der Waals surface area contributed by atoms with Gasteiger partial charge in [-0.2, -0.15) is 5.10 Å². The van der Waals surface area contributed by atoms with Gasteiger partial charge >= 0.3 is 0 Å². The van der Waals surface area contributed by atoms with E-state index in [1.165, 1.54) is 35.6 Å². The van der Waals surface area contributed by atoms with E-state index in [1.807, 2.05) is 19.1 Å². The molecule has 0 aliphatic heterocycles. The molecule has 0 aromatic carbocycles. The number of rotatable bonds is 10. The predicted molar refractivity (Wildman–Crippen MR) is 114 cm³/mol. The predicted octanol–water partition coefficient (Wildman–Crippen LogP) is 4.51. The highest BCUT2D eigenvalue weighted by atomic mass is 16.1. The zero-order valence-corrected chi connectivity index (χ0v) is 17.0. The minimum absolute atomic E-state index is 0.0825. The summed E-state index contributed by atoms with van der Waals surface area (Å²) in [6.07, 6.45) is 15.0. The molecule has 0 bridgehead atoms. The van der Waals surface area contributed by atoms with Crippen LogP contribution in [0.4, 0.5) is 0 Å². The average Bonchev–Trinajstić information content (AvgIpc) is 2.62. The van der Waals surface area contributed by atoms with Crippen LogP contribution in [0.5, 0.6) is 0 Å². The Kier molecular flexibility index (Phi) is 8.46. The Hall–Kier alpha value is -2.20. The summed E-state index contributed by atoms with van der Waals surface area (Å²) in [5.74, 6) is 0. The molecule has 0 spiro atoms. The van der Waals surface area contributed by atoms with Gasteiger partial charge in [0.2, 0.25) is 0 Å². The van der Waals surface area contributed by atoms with Crippen molar-refractivity contribution in [3.8, 4) is 0 Å². The maximum atomic E-state index is 11.7. The molecular formula is C23H33N3O. The molecule has 1 saturated carbocycles. The topological polar surface area (TPSA) is 38.1 Å². The number of hydrogen-bond donors (Lipinski definition) is 0. The van der Waals surface area contributed by atoms with Crippen LogP contribution in [-0.2, 0) is 6.54 Å². The van der Waals surface area contributed by atoms with Gasteiger partial charge < -0.3 is 4.90 Å². The Balaban J connectivity index is 1.95. The Bertz CT molecular complexity index is 766. The van der Waals surface area contributed by atoms with Crippen LogP contribution < -0.4 is 5.56 Å². The third kappa shape index (κ3) is 6.79. The molecule has 0 radical (unpaired) electrons. The van der Waals surface area contributed by atoms with E-state index in [0.717, 1.165) is 36.7 Å². The smallest absolute Gasteiger partial charge is 0.267 e. The third-order valence-electron chi connectivity index (χ3n) is 5.18. The highest BCUT2D eigenvalue weighted by Crippen LogP contribution is 2.25. The quantitative estimate of drug-likeness (QED) is 0.571. The van der Waals surface area contributed by atoms with Gasteiger partial charge in [-0.25, -0.2) is 4.68 Å². The van der Waals surface area contributed by atoms with E-state index in [-0.39, 0.29) is 5.56 Å². The highest BCUT2D eigenvalue weighted by Gasteiger charge is 2.22. The van der Waals surface area contributed by atoms with Crippen molar-refractivity contribution in [2.45, 2.75) is 59.0 Å². The van der Waals surface area contributed by atoms with Crippen molar-refractivity contribution >= 4 is 0 Å². The fourth-order valence-electron chi connectivity index (χ4n) is 3.24. The second-order valence-corrected chi connectivity index (χ2v) is 7.36. The summed E-state index contributed by atoms with van der Waals surface area (Å²) in [6, 6.07) is 3.99. The zero-order valence-electron chi connectivity index (χ0n) is 17.0. The van der Waals surface area contributed by atoms with Crippen molar-refractivity contribution in [2.24, 2.45) is 0 Å². The molecule has 27 heavy (non-hydrogen) atoms. The monoisotopic (exact) mass is 367 g/mol. The molecule has 0 saturated heterocycles. The number of allylic oxidation sites excluding steroid dienone is 6. The number of hydrogen-bond acceptors (Lipinski definition) is 3. The Morgan fingerprint density at radius 1 is 1.33 bits per heavy atom. The molecule has 1 aromatic heterocycles. The van der Waals surface area contributed by atoms with Gasteiger partial charge in [-0.3, -0.25) is 4.79 Å². The van der Waals surface area contributed by atoms with Crippen molar-refractivity contribution in [2.75, 3.05) is 13.1 Å². The third-order valence-corrected chi connectivity index (χ3v) is 5.18. The lowest BCUT2D eigenvalue weighted by molar-refractivity contribution is 0.135. The fraction of sp³-hybridized carbons (Fsp3) is 0.478. The van der Waals surface area contributed by atoms with Gasteiger partial charge in [0.05, 0.1) is 6.54 Å². The van der Waals surface area contributed by atoms with Gasteiger partial charge in [0.1, 0.15) is 0 Å². The summed E-state index contributed by atoms with van der Waals surface area (Å²) in [6.45, 7) is 13.1. The van der Waals surface area contributed by atoms with E-state index >= 15 is 0 Å². The Morgan fingerprint density at radius 3 is 2.70 bits per heavy atom. The van der Waals surface area contributed by atoms with Crippen LogP contribution in [0.15, 0.2) is 70.7 Å². The average molecular weight is 368 g/mol. The van der Waals surface area contributed by atoms with Gasteiger partial charge in [-0.1, -0.05) is 55.4 Å². The molecule has 0 amide bonds. The van der Waals surface area contributed by atoms with Gasteiger partial charge in [0, 0.05) is 24.8 Å². The van der Waals surface area contributed by atoms with E-state index in [2.05, 4.69) is 42.6 Å². The highest BCUT2D eigenvalue weighted by molar-refractivity contribution is 5.35. The molecule has 1 heterocycles. The summed E-state index contributed by atoms with van der Waals surface area (Å²) in [5.41, 5.74) is 3.45. The molecule has 2 rings (SSSR count). The van der Waals surface area contributed by atoms with Crippen molar-refractivity contribution in [3.05, 3.63) is 76.3 Å². The summed E-state index contributed by atoms with van der Waals surface area (Å²) in [5, 5.41) is 4.09. The van der Waals surface area contributed by atoms with E-state index in [1.54, 1.807) is 12.3 Å². The van der Waals surface area contributed by atoms with Crippen LogP contribution in [0.3, 0.4) is 0 Å². The summed E-state index contributed by atoms with van der Waals surface area (Å²) < 4.78 is 1.47. The molecule has 4 heteroatoms. The van der Waals surface area contributed by atoms with Gasteiger partial charge in [-0.15, -0.1) is 0 Å². The lowest BCUT2D eigenvalue weighted by atomic mass is 9.91. The number of aromatic nitrogens is 2. The molecule has 0 atom stereocenters. The summed E-state index contributed by atoms with van der Waals surface area (Å²) >= 11 is 0. The van der Waals surface area contributed by atoms with Gasteiger partial charge in [0.25, 0.3) is 5.56 Å². The van der Waals surface area contributed by atoms with Crippen molar-refractivity contribution in [1.29, 1.82) is 0 Å². The minimum atomic E-state index is -0.0825. The largest absolute Gasteiger partial charge is 0.300 e. The molecular weight excluding hydrogens is 334 g/mol. The van der Waals surface area contributed by atoms with Gasteiger partial charge in [-0.05, 0) is 51.3 Å². The van der Waals surface area contributed by atoms with E-state index in [4.69, 9.17) is 0 Å². The molecule has 0 unspecified atom stereocenters. The molecule has 146 valence electrons. The zero-order chi connectivity index (χ0) is 19.6. The minimum Gasteiger partial charge on any atom is -0.300 e. The number of nitrogens with zero attached hydrogens (tertiary/aromatic N) is 3. The van der Waals surface area contributed by atoms with Crippen LogP contribution in [0.1, 0.15) is 46.5 Å². The molecule has 0 N–H and O–H groups in total. The van der Waals surface area contributed by atoms with E-state index in [9.17, 15) is 4.79 Å². The van der Waals surface area contributed by atoms with Gasteiger partial charge in [0.15, 0.2) is 0 Å². The normalized spacial score (nSPS) is 16.5. The first-order valence-electron chi connectivity index (χ1n) is 9.96. The molecule has 1 aromatic rings. The Labute approximate surface area is 163 Å². The summed E-state index contributed by atoms with van der Waals surface area (Å²) in [7, 11) is 0. The molecule has 1 fully saturated rings.